The molecule has 5 heteroatoms. The van der Waals surface area contributed by atoms with E-state index in [4.69, 9.17) is 5.11 Å². The van der Waals surface area contributed by atoms with Crippen molar-refractivity contribution < 1.29 is 14.7 Å². The van der Waals surface area contributed by atoms with E-state index in [2.05, 4.69) is 34.6 Å². The maximum absolute atomic E-state index is 12.2. The quantitative estimate of drug-likeness (QED) is 0.905. The van der Waals surface area contributed by atoms with Gasteiger partial charge >= 0.3 is 5.97 Å². The van der Waals surface area contributed by atoms with Gasteiger partial charge < -0.3 is 10.4 Å². The van der Waals surface area contributed by atoms with Crippen molar-refractivity contribution in [2.75, 3.05) is 0 Å². The SMILES string of the molecule is O=C(NC1CCC(c2ccccc2)CC1)c1ccc(C(=O)O)nc1. The molecule has 0 spiro atoms. The summed E-state index contributed by atoms with van der Waals surface area (Å²) in [6, 6.07) is 13.5. The van der Waals surface area contributed by atoms with Gasteiger partial charge in [-0.2, -0.15) is 0 Å². The Kier molecular flexibility index (Phi) is 4.89. The molecule has 0 unspecified atom stereocenters. The molecule has 124 valence electrons. The van der Waals surface area contributed by atoms with Crippen molar-refractivity contribution in [2.45, 2.75) is 37.6 Å². The molecule has 2 aromatic rings. The number of nitrogens with zero attached hydrogens (tertiary/aromatic N) is 1. The Hall–Kier alpha value is -2.69. The minimum atomic E-state index is -1.10. The molecule has 1 aromatic carbocycles. The van der Waals surface area contributed by atoms with E-state index in [-0.39, 0.29) is 17.6 Å². The lowest BCUT2D eigenvalue weighted by molar-refractivity contribution is 0.0689. The normalized spacial score (nSPS) is 20.3. The van der Waals surface area contributed by atoms with Crippen molar-refractivity contribution in [1.29, 1.82) is 0 Å². The summed E-state index contributed by atoms with van der Waals surface area (Å²) in [5.74, 6) is -0.723. The lowest BCUT2D eigenvalue weighted by Crippen LogP contribution is -2.37. The molecule has 1 heterocycles. The number of benzene rings is 1. The van der Waals surface area contributed by atoms with E-state index in [1.165, 1.54) is 23.9 Å². The molecule has 0 aliphatic heterocycles. The number of aromatic nitrogens is 1. The lowest BCUT2D eigenvalue weighted by Gasteiger charge is -2.29. The molecule has 2 N–H and O–H groups in total. The minimum absolute atomic E-state index is 0.0603. The number of carboxylic acids is 1. The van der Waals surface area contributed by atoms with E-state index >= 15 is 0 Å². The van der Waals surface area contributed by atoms with Crippen LogP contribution in [-0.4, -0.2) is 28.0 Å². The summed E-state index contributed by atoms with van der Waals surface area (Å²) < 4.78 is 0. The number of hydrogen-bond acceptors (Lipinski definition) is 3. The molecule has 0 radical (unpaired) electrons. The van der Waals surface area contributed by atoms with E-state index in [9.17, 15) is 9.59 Å². The van der Waals surface area contributed by atoms with Crippen LogP contribution >= 0.6 is 0 Å². The zero-order valence-corrected chi connectivity index (χ0v) is 13.3. The van der Waals surface area contributed by atoms with Crippen molar-refractivity contribution in [1.82, 2.24) is 10.3 Å². The summed E-state index contributed by atoms with van der Waals surface area (Å²) in [6.07, 6.45) is 5.34. The van der Waals surface area contributed by atoms with Crippen LogP contribution in [0.15, 0.2) is 48.7 Å². The Morgan fingerprint density at radius 1 is 1.00 bits per heavy atom. The van der Waals surface area contributed by atoms with Gasteiger partial charge in [0.05, 0.1) is 5.56 Å². The topological polar surface area (TPSA) is 79.3 Å². The van der Waals surface area contributed by atoms with Crippen LogP contribution in [0.25, 0.3) is 0 Å². The van der Waals surface area contributed by atoms with Crippen LogP contribution in [0, 0.1) is 0 Å². The van der Waals surface area contributed by atoms with Crippen LogP contribution in [-0.2, 0) is 0 Å². The van der Waals surface area contributed by atoms with Gasteiger partial charge in [0.1, 0.15) is 5.69 Å². The molecular weight excluding hydrogens is 304 g/mol. The van der Waals surface area contributed by atoms with E-state index in [1.54, 1.807) is 0 Å². The average Bonchev–Trinajstić information content (AvgIpc) is 2.63. The number of carbonyl (C=O) groups is 2. The molecular formula is C19H20N2O3. The first kappa shape index (κ1) is 16.2. The van der Waals surface area contributed by atoms with Crippen LogP contribution in [0.5, 0.6) is 0 Å². The number of carboxylic acid groups (broad SMARTS) is 1. The maximum Gasteiger partial charge on any atom is 0.354 e. The number of carbonyl (C=O) groups excluding carboxylic acids is 1. The molecule has 0 atom stereocenters. The largest absolute Gasteiger partial charge is 0.477 e. The van der Waals surface area contributed by atoms with Crippen LogP contribution < -0.4 is 5.32 Å². The fraction of sp³-hybridized carbons (Fsp3) is 0.316. The second kappa shape index (κ2) is 7.25. The van der Waals surface area contributed by atoms with Crippen molar-refractivity contribution >= 4 is 11.9 Å². The number of nitrogens with one attached hydrogen (secondary N) is 1. The molecule has 1 aliphatic rings. The third-order valence-electron chi connectivity index (χ3n) is 4.58. The molecule has 1 aliphatic carbocycles. The molecule has 1 aromatic heterocycles. The highest BCUT2D eigenvalue weighted by atomic mass is 16.4. The second-order valence-electron chi connectivity index (χ2n) is 6.17. The van der Waals surface area contributed by atoms with Gasteiger partial charge in [-0.25, -0.2) is 9.78 Å². The number of pyridine rings is 1. The highest BCUT2D eigenvalue weighted by molar-refractivity contribution is 5.95. The molecule has 0 saturated heterocycles. The smallest absolute Gasteiger partial charge is 0.354 e. The molecule has 1 fully saturated rings. The molecule has 1 amide bonds. The van der Waals surface area contributed by atoms with E-state index in [0.717, 1.165) is 25.7 Å². The first-order valence-electron chi connectivity index (χ1n) is 8.18. The predicted octanol–water partition coefficient (Wildman–Crippen LogP) is 3.24. The molecule has 24 heavy (non-hydrogen) atoms. The Balaban J connectivity index is 1.54. The van der Waals surface area contributed by atoms with Crippen LogP contribution in [0.3, 0.4) is 0 Å². The first-order valence-corrected chi connectivity index (χ1v) is 8.18. The lowest BCUT2D eigenvalue weighted by atomic mass is 9.82. The molecule has 5 nitrogen and oxygen atoms in total. The first-order chi connectivity index (χ1) is 11.6. The van der Waals surface area contributed by atoms with Crippen LogP contribution in [0.4, 0.5) is 0 Å². The van der Waals surface area contributed by atoms with Crippen molar-refractivity contribution in [3.63, 3.8) is 0 Å². The summed E-state index contributed by atoms with van der Waals surface area (Å²) in [5.41, 5.74) is 1.70. The third-order valence-corrected chi connectivity index (χ3v) is 4.58. The van der Waals surface area contributed by atoms with Crippen molar-refractivity contribution in [3.05, 3.63) is 65.5 Å². The number of aromatic carboxylic acids is 1. The Morgan fingerprint density at radius 2 is 1.71 bits per heavy atom. The summed E-state index contributed by atoms with van der Waals surface area (Å²) in [5, 5.41) is 11.9. The Bertz CT molecular complexity index is 705. The van der Waals surface area contributed by atoms with Gasteiger partial charge in [0.2, 0.25) is 0 Å². The zero-order valence-electron chi connectivity index (χ0n) is 13.3. The summed E-state index contributed by atoms with van der Waals surface area (Å²) in [4.78, 5) is 26.8. The van der Waals surface area contributed by atoms with Gasteiger partial charge in [0.15, 0.2) is 0 Å². The van der Waals surface area contributed by atoms with Crippen molar-refractivity contribution in [3.8, 4) is 0 Å². The van der Waals surface area contributed by atoms with Gasteiger partial charge in [-0.05, 0) is 49.3 Å². The van der Waals surface area contributed by atoms with Crippen LogP contribution in [0.2, 0.25) is 0 Å². The molecule has 1 saturated carbocycles. The highest BCUT2D eigenvalue weighted by Gasteiger charge is 2.23. The predicted molar refractivity (Wildman–Crippen MR) is 90.1 cm³/mol. The Labute approximate surface area is 140 Å². The van der Waals surface area contributed by atoms with Gasteiger partial charge in [-0.3, -0.25) is 4.79 Å². The van der Waals surface area contributed by atoms with Gasteiger partial charge in [0, 0.05) is 12.2 Å². The zero-order chi connectivity index (χ0) is 16.9. The number of rotatable bonds is 4. The highest BCUT2D eigenvalue weighted by Crippen LogP contribution is 2.32. The number of amides is 1. The maximum atomic E-state index is 12.2. The minimum Gasteiger partial charge on any atom is -0.477 e. The average molecular weight is 324 g/mol. The van der Waals surface area contributed by atoms with Gasteiger partial charge in [-0.1, -0.05) is 30.3 Å². The van der Waals surface area contributed by atoms with Crippen molar-refractivity contribution in [2.24, 2.45) is 0 Å². The van der Waals surface area contributed by atoms with Gasteiger partial charge in [0.25, 0.3) is 5.91 Å². The fourth-order valence-corrected chi connectivity index (χ4v) is 3.22. The monoisotopic (exact) mass is 324 g/mol. The molecule has 3 rings (SSSR count). The summed E-state index contributed by atoms with van der Waals surface area (Å²) >= 11 is 0. The standard InChI is InChI=1S/C19H20N2O3/c22-18(15-8-11-17(19(23)24)20-12-15)21-16-9-6-14(7-10-16)13-4-2-1-3-5-13/h1-5,8,11-12,14,16H,6-7,9-10H2,(H,21,22)(H,23,24). The van der Waals surface area contributed by atoms with Gasteiger partial charge in [-0.15, -0.1) is 0 Å². The van der Waals surface area contributed by atoms with E-state index in [1.807, 2.05) is 6.07 Å². The third kappa shape index (κ3) is 3.79. The number of hydrogen-bond donors (Lipinski definition) is 2. The van der Waals surface area contributed by atoms with E-state index in [0.29, 0.717) is 11.5 Å². The fourth-order valence-electron chi connectivity index (χ4n) is 3.22. The van der Waals surface area contributed by atoms with Crippen LogP contribution in [0.1, 0.15) is 58.0 Å². The molecule has 0 bridgehead atoms. The summed E-state index contributed by atoms with van der Waals surface area (Å²) in [6.45, 7) is 0. The van der Waals surface area contributed by atoms with E-state index < -0.39 is 5.97 Å². The second-order valence-corrected chi connectivity index (χ2v) is 6.17. The Morgan fingerprint density at radius 3 is 2.29 bits per heavy atom. The summed E-state index contributed by atoms with van der Waals surface area (Å²) in [7, 11) is 0.